The van der Waals surface area contributed by atoms with E-state index in [0.717, 1.165) is 11.4 Å². The van der Waals surface area contributed by atoms with Gasteiger partial charge in [0, 0.05) is 18.0 Å². The van der Waals surface area contributed by atoms with E-state index < -0.39 is 0 Å². The average Bonchev–Trinajstić information content (AvgIpc) is 2.30. The third kappa shape index (κ3) is 5.29. The Hall–Kier alpha value is -1.40. The van der Waals surface area contributed by atoms with Gasteiger partial charge in [-0.25, -0.2) is 0 Å². The van der Waals surface area contributed by atoms with Crippen molar-refractivity contribution >= 4 is 29.0 Å². The van der Waals surface area contributed by atoms with Crippen LogP contribution in [0.2, 0.25) is 0 Å². The number of hydrogen-bond acceptors (Lipinski definition) is 5. The molecule has 1 aromatic rings. The number of nitrogens with two attached hydrogens (primary N) is 2. The van der Waals surface area contributed by atoms with Crippen molar-refractivity contribution in [2.45, 2.75) is 4.90 Å². The lowest BCUT2D eigenvalue weighted by molar-refractivity contribution is -0.118. The van der Waals surface area contributed by atoms with Crippen LogP contribution in [0, 0.1) is 0 Å². The lowest BCUT2D eigenvalue weighted by Crippen LogP contribution is -2.32. The third-order valence-electron chi connectivity index (χ3n) is 2.31. The summed E-state index contributed by atoms with van der Waals surface area (Å²) in [6, 6.07) is 5.40. The Labute approximate surface area is 112 Å². The van der Waals surface area contributed by atoms with E-state index in [-0.39, 0.29) is 5.91 Å². The summed E-state index contributed by atoms with van der Waals surface area (Å²) < 4.78 is 0. The van der Waals surface area contributed by atoms with Crippen LogP contribution in [0.5, 0.6) is 0 Å². The minimum Gasteiger partial charge on any atom is -0.397 e. The monoisotopic (exact) mass is 268 g/mol. The van der Waals surface area contributed by atoms with Crippen molar-refractivity contribution in [1.82, 2.24) is 10.2 Å². The molecule has 0 aliphatic rings. The van der Waals surface area contributed by atoms with Gasteiger partial charge >= 0.3 is 0 Å². The van der Waals surface area contributed by atoms with Crippen LogP contribution in [0.1, 0.15) is 0 Å². The molecule has 0 saturated carbocycles. The van der Waals surface area contributed by atoms with Crippen LogP contribution in [0.25, 0.3) is 0 Å². The smallest absolute Gasteiger partial charge is 0.230 e. The number of rotatable bonds is 6. The molecule has 5 N–H and O–H groups in total. The van der Waals surface area contributed by atoms with E-state index >= 15 is 0 Å². The first kappa shape index (κ1) is 14.7. The highest BCUT2D eigenvalue weighted by Crippen LogP contribution is 2.24. The summed E-state index contributed by atoms with van der Waals surface area (Å²) in [7, 11) is 3.94. The molecule has 0 unspecified atom stereocenters. The molecule has 5 nitrogen and oxygen atoms in total. The molecule has 1 amide bonds. The fraction of sp³-hybridized carbons (Fsp3) is 0.417. The number of carbonyl (C=O) groups excluding carboxylic acids is 1. The molecule has 0 aliphatic carbocycles. The van der Waals surface area contributed by atoms with Crippen LogP contribution in [0.4, 0.5) is 11.4 Å². The second-order valence-electron chi connectivity index (χ2n) is 4.23. The Kier molecular flexibility index (Phi) is 5.80. The molecule has 1 rings (SSSR count). The van der Waals surface area contributed by atoms with E-state index in [9.17, 15) is 4.79 Å². The van der Waals surface area contributed by atoms with Gasteiger partial charge < -0.3 is 21.7 Å². The predicted molar refractivity (Wildman–Crippen MR) is 77.6 cm³/mol. The number of nitrogen functional groups attached to an aromatic ring is 2. The quantitative estimate of drug-likeness (QED) is 0.520. The second-order valence-corrected chi connectivity index (χ2v) is 5.28. The van der Waals surface area contributed by atoms with E-state index in [1.165, 1.54) is 11.8 Å². The SMILES string of the molecule is CN(C)CCNC(=O)CSc1ccc(N)c(N)c1. The van der Waals surface area contributed by atoms with Crippen molar-refractivity contribution in [2.75, 3.05) is 44.4 Å². The van der Waals surface area contributed by atoms with Gasteiger partial charge in [-0.3, -0.25) is 4.79 Å². The first-order valence-electron chi connectivity index (χ1n) is 5.68. The van der Waals surface area contributed by atoms with Crippen molar-refractivity contribution in [3.8, 4) is 0 Å². The minimum absolute atomic E-state index is 0.0252. The van der Waals surface area contributed by atoms with E-state index in [0.29, 0.717) is 23.7 Å². The fourth-order valence-electron chi connectivity index (χ4n) is 1.26. The number of hydrogen-bond donors (Lipinski definition) is 3. The van der Waals surface area contributed by atoms with Gasteiger partial charge in [-0.15, -0.1) is 11.8 Å². The maximum Gasteiger partial charge on any atom is 0.230 e. The Morgan fingerprint density at radius 3 is 2.67 bits per heavy atom. The van der Waals surface area contributed by atoms with Crippen molar-refractivity contribution in [3.63, 3.8) is 0 Å². The molecule has 1 aromatic carbocycles. The summed E-state index contributed by atoms with van der Waals surface area (Å²) in [5, 5.41) is 2.85. The summed E-state index contributed by atoms with van der Waals surface area (Å²) in [5.41, 5.74) is 12.4. The molecule has 0 radical (unpaired) electrons. The molecule has 0 atom stereocenters. The summed E-state index contributed by atoms with van der Waals surface area (Å²) in [5.74, 6) is 0.411. The van der Waals surface area contributed by atoms with Gasteiger partial charge in [0.05, 0.1) is 17.1 Å². The summed E-state index contributed by atoms with van der Waals surface area (Å²) in [6.07, 6.45) is 0. The molecule has 18 heavy (non-hydrogen) atoms. The molecule has 0 aliphatic heterocycles. The van der Waals surface area contributed by atoms with Crippen LogP contribution in [0.3, 0.4) is 0 Å². The maximum absolute atomic E-state index is 11.5. The Morgan fingerprint density at radius 2 is 2.06 bits per heavy atom. The van der Waals surface area contributed by atoms with E-state index in [1.807, 2.05) is 25.1 Å². The van der Waals surface area contributed by atoms with Gasteiger partial charge in [-0.2, -0.15) is 0 Å². The highest BCUT2D eigenvalue weighted by molar-refractivity contribution is 8.00. The van der Waals surface area contributed by atoms with Crippen molar-refractivity contribution in [3.05, 3.63) is 18.2 Å². The van der Waals surface area contributed by atoms with Gasteiger partial charge in [0.15, 0.2) is 0 Å². The fourth-order valence-corrected chi connectivity index (χ4v) is 2.04. The van der Waals surface area contributed by atoms with E-state index in [2.05, 4.69) is 5.32 Å². The van der Waals surface area contributed by atoms with Crippen LogP contribution < -0.4 is 16.8 Å². The number of benzene rings is 1. The molecule has 0 spiro atoms. The van der Waals surface area contributed by atoms with Gasteiger partial charge in [0.25, 0.3) is 0 Å². The van der Waals surface area contributed by atoms with Crippen LogP contribution in [-0.4, -0.2) is 43.7 Å². The first-order chi connectivity index (χ1) is 8.49. The van der Waals surface area contributed by atoms with Crippen molar-refractivity contribution in [1.29, 1.82) is 0 Å². The van der Waals surface area contributed by atoms with E-state index in [4.69, 9.17) is 11.5 Å². The molecule has 100 valence electrons. The largest absolute Gasteiger partial charge is 0.397 e. The maximum atomic E-state index is 11.5. The number of nitrogens with zero attached hydrogens (tertiary/aromatic N) is 1. The van der Waals surface area contributed by atoms with Crippen LogP contribution >= 0.6 is 11.8 Å². The van der Waals surface area contributed by atoms with Gasteiger partial charge in [-0.05, 0) is 32.3 Å². The number of amides is 1. The van der Waals surface area contributed by atoms with E-state index in [1.54, 1.807) is 12.1 Å². The molecule has 0 aromatic heterocycles. The van der Waals surface area contributed by atoms with Crippen molar-refractivity contribution < 1.29 is 4.79 Å². The zero-order valence-electron chi connectivity index (χ0n) is 10.8. The van der Waals surface area contributed by atoms with Gasteiger partial charge in [0.1, 0.15) is 0 Å². The topological polar surface area (TPSA) is 84.4 Å². The molecular formula is C12H20N4OS. The lowest BCUT2D eigenvalue weighted by atomic mass is 10.3. The Morgan fingerprint density at radius 1 is 1.33 bits per heavy atom. The number of likely N-dealkylation sites (N-methyl/N-ethyl adjacent to an activating group) is 1. The second kappa shape index (κ2) is 7.13. The normalized spacial score (nSPS) is 10.6. The van der Waals surface area contributed by atoms with Crippen LogP contribution in [-0.2, 0) is 4.79 Å². The Bertz CT molecular complexity index is 409. The molecular weight excluding hydrogens is 248 g/mol. The van der Waals surface area contributed by atoms with Crippen molar-refractivity contribution in [2.24, 2.45) is 0 Å². The number of nitrogens with one attached hydrogen (secondary N) is 1. The number of carbonyl (C=O) groups is 1. The lowest BCUT2D eigenvalue weighted by Gasteiger charge is -2.10. The summed E-state index contributed by atoms with van der Waals surface area (Å²) >= 11 is 1.45. The van der Waals surface area contributed by atoms with Gasteiger partial charge in [0.2, 0.25) is 5.91 Å². The average molecular weight is 268 g/mol. The molecule has 0 heterocycles. The highest BCUT2D eigenvalue weighted by Gasteiger charge is 2.04. The zero-order chi connectivity index (χ0) is 13.5. The standard InChI is InChI=1S/C12H20N4OS/c1-16(2)6-5-15-12(17)8-18-9-3-4-10(13)11(14)7-9/h3-4,7H,5-6,8,13-14H2,1-2H3,(H,15,17). The number of thioether (sulfide) groups is 1. The Balaban J connectivity index is 2.31. The predicted octanol–water partition coefficient (Wildman–Crippen LogP) is 0.621. The molecule has 0 saturated heterocycles. The first-order valence-corrected chi connectivity index (χ1v) is 6.67. The minimum atomic E-state index is 0.0252. The molecule has 0 bridgehead atoms. The van der Waals surface area contributed by atoms with Gasteiger partial charge in [-0.1, -0.05) is 0 Å². The summed E-state index contributed by atoms with van der Waals surface area (Å²) in [6.45, 7) is 1.50. The molecule has 6 heteroatoms. The highest BCUT2D eigenvalue weighted by atomic mass is 32.2. The third-order valence-corrected chi connectivity index (χ3v) is 3.30. The summed E-state index contributed by atoms with van der Waals surface area (Å²) in [4.78, 5) is 14.5. The molecule has 0 fully saturated rings. The van der Waals surface area contributed by atoms with Crippen LogP contribution in [0.15, 0.2) is 23.1 Å². The zero-order valence-corrected chi connectivity index (χ0v) is 11.6. The number of anilines is 2.